The molecule has 2 aliphatic rings. The van der Waals surface area contributed by atoms with Gasteiger partial charge in [0, 0.05) is 11.5 Å². The van der Waals surface area contributed by atoms with Gasteiger partial charge < -0.3 is 0 Å². The minimum Gasteiger partial charge on any atom is -0.150 e. The topological polar surface area (TPSA) is 78.2 Å². The molecule has 5 nitrogen and oxygen atoms in total. The monoisotopic (exact) mass is 208 g/mol. The molecule has 15 heavy (non-hydrogen) atoms. The summed E-state index contributed by atoms with van der Waals surface area (Å²) in [4.78, 5) is 13.4. The Hall–Kier alpha value is -1.09. The Morgan fingerprint density at radius 1 is 1.60 bits per heavy atom. The molecule has 2 aliphatic carbocycles. The van der Waals surface area contributed by atoms with Crippen LogP contribution in [0, 0.1) is 22.7 Å². The van der Waals surface area contributed by atoms with Crippen molar-refractivity contribution in [2.75, 3.05) is 6.54 Å². The Labute approximate surface area is 88.8 Å². The number of nitroso groups, excluding NO2 is 1. The van der Waals surface area contributed by atoms with Crippen molar-refractivity contribution in [2.24, 2.45) is 28.0 Å². The molecule has 0 heterocycles. The summed E-state index contributed by atoms with van der Waals surface area (Å²) < 4.78 is 0. The number of nitrogens with zero attached hydrogens (tertiary/aromatic N) is 4. The highest BCUT2D eigenvalue weighted by Gasteiger charge is 2.61. The first kappa shape index (κ1) is 10.4. The van der Waals surface area contributed by atoms with E-state index in [1.807, 2.05) is 0 Å². The molecule has 0 amide bonds. The van der Waals surface area contributed by atoms with Gasteiger partial charge in [0.05, 0.1) is 0 Å². The zero-order chi connectivity index (χ0) is 10.9. The molecule has 0 spiro atoms. The summed E-state index contributed by atoms with van der Waals surface area (Å²) in [5.74, 6) is 1.61. The smallest absolute Gasteiger partial charge is 0.106 e. The lowest BCUT2D eigenvalue weighted by Gasteiger charge is -2.08. The number of hydrogen-bond donors (Lipinski definition) is 0. The molecule has 0 radical (unpaired) electrons. The first-order chi connectivity index (χ1) is 7.22. The molecule has 0 bridgehead atoms. The maximum absolute atomic E-state index is 10.7. The number of azide groups is 1. The molecule has 0 aromatic heterocycles. The van der Waals surface area contributed by atoms with Crippen LogP contribution in [0.4, 0.5) is 0 Å². The van der Waals surface area contributed by atoms with Gasteiger partial charge in [-0.2, -0.15) is 4.91 Å². The van der Waals surface area contributed by atoms with E-state index >= 15 is 0 Å². The zero-order valence-corrected chi connectivity index (χ0v) is 8.96. The quantitative estimate of drug-likeness (QED) is 0.285. The SMILES string of the molecule is CC(CN=[N+]=[N-])C[C@@H]1C[C@H]1C1(N=O)CC1. The van der Waals surface area contributed by atoms with Crippen molar-refractivity contribution in [2.45, 2.75) is 38.1 Å². The first-order valence-electron chi connectivity index (χ1n) is 5.57. The van der Waals surface area contributed by atoms with Gasteiger partial charge in [-0.05, 0) is 49.0 Å². The molecule has 0 saturated heterocycles. The van der Waals surface area contributed by atoms with Crippen molar-refractivity contribution in [3.63, 3.8) is 0 Å². The second-order valence-electron chi connectivity index (χ2n) is 5.05. The molecular formula is C10H16N4O. The fraction of sp³-hybridized carbons (Fsp3) is 1.00. The van der Waals surface area contributed by atoms with Crippen LogP contribution in [0.1, 0.15) is 32.6 Å². The van der Waals surface area contributed by atoms with Gasteiger partial charge in [-0.25, -0.2) is 0 Å². The van der Waals surface area contributed by atoms with E-state index in [0.29, 0.717) is 24.3 Å². The molecule has 1 unspecified atom stereocenters. The maximum atomic E-state index is 10.7. The van der Waals surface area contributed by atoms with Crippen LogP contribution in [0.3, 0.4) is 0 Å². The Morgan fingerprint density at radius 3 is 2.87 bits per heavy atom. The molecule has 5 heteroatoms. The van der Waals surface area contributed by atoms with Crippen LogP contribution in [0.25, 0.3) is 10.4 Å². The summed E-state index contributed by atoms with van der Waals surface area (Å²) >= 11 is 0. The van der Waals surface area contributed by atoms with Crippen molar-refractivity contribution in [1.82, 2.24) is 0 Å². The van der Waals surface area contributed by atoms with Crippen LogP contribution in [0.2, 0.25) is 0 Å². The molecule has 82 valence electrons. The average molecular weight is 208 g/mol. The minimum absolute atomic E-state index is 0.178. The van der Waals surface area contributed by atoms with E-state index < -0.39 is 0 Å². The number of rotatable bonds is 6. The Bertz CT molecular complexity index is 307. The Balaban J connectivity index is 1.75. The fourth-order valence-corrected chi connectivity index (χ4v) is 2.59. The van der Waals surface area contributed by atoms with Crippen LogP contribution in [0.5, 0.6) is 0 Å². The van der Waals surface area contributed by atoms with E-state index in [4.69, 9.17) is 5.53 Å². The van der Waals surface area contributed by atoms with Gasteiger partial charge in [0.15, 0.2) is 0 Å². The molecule has 2 fully saturated rings. The molecule has 2 saturated carbocycles. The highest BCUT2D eigenvalue weighted by molar-refractivity contribution is 5.14. The van der Waals surface area contributed by atoms with E-state index in [9.17, 15) is 4.91 Å². The summed E-state index contributed by atoms with van der Waals surface area (Å²) in [6.45, 7) is 2.67. The summed E-state index contributed by atoms with van der Waals surface area (Å²) in [5, 5.41) is 6.85. The van der Waals surface area contributed by atoms with Gasteiger partial charge in [-0.15, -0.1) is 0 Å². The Kier molecular flexibility index (Phi) is 2.65. The van der Waals surface area contributed by atoms with Crippen molar-refractivity contribution in [3.8, 4) is 0 Å². The van der Waals surface area contributed by atoms with Crippen LogP contribution < -0.4 is 0 Å². The van der Waals surface area contributed by atoms with Gasteiger partial charge in [-0.3, -0.25) is 0 Å². The third-order valence-electron chi connectivity index (χ3n) is 3.72. The third kappa shape index (κ3) is 2.12. The van der Waals surface area contributed by atoms with Gasteiger partial charge >= 0.3 is 0 Å². The lowest BCUT2D eigenvalue weighted by Crippen LogP contribution is -2.10. The standard InChI is InChI=1S/C10H16N4O/c1-7(6-12-14-11)4-8-5-9(8)10(13-15)2-3-10/h7-9H,2-6H2,1H3/t7?,8-,9-/m1/s1. The molecule has 0 aromatic rings. The van der Waals surface area contributed by atoms with E-state index in [2.05, 4.69) is 22.1 Å². The van der Waals surface area contributed by atoms with Crippen molar-refractivity contribution in [3.05, 3.63) is 15.3 Å². The average Bonchev–Trinajstić information content (AvgIpc) is 3.08. The van der Waals surface area contributed by atoms with E-state index in [0.717, 1.165) is 25.7 Å². The summed E-state index contributed by atoms with van der Waals surface area (Å²) in [6.07, 6.45) is 4.19. The predicted molar refractivity (Wildman–Crippen MR) is 57.2 cm³/mol. The van der Waals surface area contributed by atoms with Gasteiger partial charge in [0.2, 0.25) is 0 Å². The predicted octanol–water partition coefficient (Wildman–Crippen LogP) is 3.26. The highest BCUT2D eigenvalue weighted by Crippen LogP contribution is 2.61. The van der Waals surface area contributed by atoms with E-state index in [1.54, 1.807) is 0 Å². The molecule has 0 aliphatic heterocycles. The normalized spacial score (nSPS) is 32.6. The largest absolute Gasteiger partial charge is 0.150 e. The van der Waals surface area contributed by atoms with Crippen LogP contribution in [0.15, 0.2) is 10.3 Å². The Morgan fingerprint density at radius 2 is 2.33 bits per heavy atom. The second kappa shape index (κ2) is 3.81. The number of hydrogen-bond acceptors (Lipinski definition) is 3. The van der Waals surface area contributed by atoms with E-state index in [-0.39, 0.29) is 5.54 Å². The van der Waals surface area contributed by atoms with Gasteiger partial charge in [0.25, 0.3) is 0 Å². The lowest BCUT2D eigenvalue weighted by atomic mass is 10.0. The van der Waals surface area contributed by atoms with Gasteiger partial charge in [0.1, 0.15) is 5.54 Å². The first-order valence-corrected chi connectivity index (χ1v) is 5.57. The van der Waals surface area contributed by atoms with Crippen molar-refractivity contribution < 1.29 is 0 Å². The lowest BCUT2D eigenvalue weighted by molar-refractivity contribution is 0.451. The molecule has 3 atom stereocenters. The fourth-order valence-electron chi connectivity index (χ4n) is 2.59. The van der Waals surface area contributed by atoms with Crippen LogP contribution >= 0.6 is 0 Å². The maximum Gasteiger partial charge on any atom is 0.106 e. The third-order valence-corrected chi connectivity index (χ3v) is 3.72. The molecule has 0 aromatic carbocycles. The second-order valence-corrected chi connectivity index (χ2v) is 5.05. The molecule has 0 N–H and O–H groups in total. The summed E-state index contributed by atoms with van der Waals surface area (Å²) in [5.41, 5.74) is 8.02. The minimum atomic E-state index is -0.178. The molecular weight excluding hydrogens is 192 g/mol. The van der Waals surface area contributed by atoms with Crippen molar-refractivity contribution >= 4 is 0 Å². The summed E-state index contributed by atoms with van der Waals surface area (Å²) in [7, 11) is 0. The van der Waals surface area contributed by atoms with Gasteiger partial charge in [-0.1, -0.05) is 17.2 Å². The highest BCUT2D eigenvalue weighted by atomic mass is 16.3. The van der Waals surface area contributed by atoms with E-state index in [1.165, 1.54) is 0 Å². The van der Waals surface area contributed by atoms with Crippen LogP contribution in [-0.2, 0) is 0 Å². The van der Waals surface area contributed by atoms with Crippen LogP contribution in [-0.4, -0.2) is 12.1 Å². The molecule has 2 rings (SSSR count). The summed E-state index contributed by atoms with van der Waals surface area (Å²) in [6, 6.07) is 0. The zero-order valence-electron chi connectivity index (χ0n) is 8.96. The van der Waals surface area contributed by atoms with Crippen molar-refractivity contribution in [1.29, 1.82) is 0 Å².